The first-order chi connectivity index (χ1) is 9.70. The molecule has 0 aromatic heterocycles. The number of carboxylic acids is 1. The molecule has 5 heteroatoms. The van der Waals surface area contributed by atoms with Gasteiger partial charge in [-0.15, -0.1) is 11.8 Å². The van der Waals surface area contributed by atoms with Crippen molar-refractivity contribution < 1.29 is 14.7 Å². The molecule has 1 atom stereocenters. The first-order valence-corrected chi connectivity index (χ1v) is 8.05. The summed E-state index contributed by atoms with van der Waals surface area (Å²) >= 11 is 1.34. The van der Waals surface area contributed by atoms with E-state index in [9.17, 15) is 9.59 Å². The number of aliphatic carboxylic acids is 1. The molecule has 0 spiro atoms. The van der Waals surface area contributed by atoms with Crippen LogP contribution in [-0.2, 0) is 15.3 Å². The van der Waals surface area contributed by atoms with Crippen LogP contribution in [0.15, 0.2) is 24.3 Å². The van der Waals surface area contributed by atoms with Crippen molar-refractivity contribution in [3.05, 3.63) is 29.8 Å². The van der Waals surface area contributed by atoms with Gasteiger partial charge in [-0.3, -0.25) is 9.59 Å². The maximum atomic E-state index is 12.2. The lowest BCUT2D eigenvalue weighted by molar-refractivity contribution is -0.134. The molecule has 0 aliphatic carbocycles. The Morgan fingerprint density at radius 1 is 1.33 bits per heavy atom. The maximum Gasteiger partial charge on any atom is 0.313 e. The van der Waals surface area contributed by atoms with Crippen molar-refractivity contribution in [3.8, 4) is 0 Å². The third-order valence-electron chi connectivity index (χ3n) is 3.38. The molecule has 0 aliphatic rings. The lowest BCUT2D eigenvalue weighted by atomic mass is 9.81. The molecule has 4 nitrogen and oxygen atoms in total. The predicted molar refractivity (Wildman–Crippen MR) is 87.5 cm³/mol. The van der Waals surface area contributed by atoms with E-state index in [2.05, 4.69) is 5.32 Å². The highest BCUT2D eigenvalue weighted by Gasteiger charge is 2.26. The zero-order valence-electron chi connectivity index (χ0n) is 13.0. The number of rotatable bonds is 6. The Hall–Kier alpha value is -1.49. The Labute approximate surface area is 130 Å². The standard InChI is InChI=1S/C16H23NO3S/c1-11(16(2,3)4)15(20)17-13-7-5-6-12(8-13)9-21-10-14(18)19/h5-8,11H,9-10H2,1-4H3,(H,17,20)(H,18,19). The molecular formula is C16H23NO3S. The van der Waals surface area contributed by atoms with Crippen molar-refractivity contribution in [1.29, 1.82) is 0 Å². The Balaban J connectivity index is 2.64. The molecule has 1 aromatic rings. The van der Waals surface area contributed by atoms with Crippen LogP contribution in [0.2, 0.25) is 0 Å². The van der Waals surface area contributed by atoms with Crippen LogP contribution in [0.1, 0.15) is 33.3 Å². The van der Waals surface area contributed by atoms with Gasteiger partial charge in [0.2, 0.25) is 5.91 Å². The van der Waals surface area contributed by atoms with Crippen molar-refractivity contribution in [2.24, 2.45) is 11.3 Å². The molecule has 0 radical (unpaired) electrons. The molecule has 2 N–H and O–H groups in total. The van der Waals surface area contributed by atoms with Crippen LogP contribution in [-0.4, -0.2) is 22.7 Å². The predicted octanol–water partition coefficient (Wildman–Crippen LogP) is 3.63. The maximum absolute atomic E-state index is 12.2. The summed E-state index contributed by atoms with van der Waals surface area (Å²) in [4.78, 5) is 22.7. The number of thioether (sulfide) groups is 1. The fraction of sp³-hybridized carbons (Fsp3) is 0.500. The van der Waals surface area contributed by atoms with Gasteiger partial charge in [-0.25, -0.2) is 0 Å². The number of amides is 1. The SMILES string of the molecule is CC(C(=O)Nc1cccc(CSCC(=O)O)c1)C(C)(C)C. The number of carboxylic acid groups (broad SMARTS) is 1. The van der Waals surface area contributed by atoms with Gasteiger partial charge in [0, 0.05) is 17.4 Å². The number of benzene rings is 1. The average molecular weight is 309 g/mol. The van der Waals surface area contributed by atoms with Crippen molar-refractivity contribution in [3.63, 3.8) is 0 Å². The highest BCUT2D eigenvalue weighted by molar-refractivity contribution is 7.99. The summed E-state index contributed by atoms with van der Waals surface area (Å²) in [5, 5.41) is 11.5. The Morgan fingerprint density at radius 3 is 2.57 bits per heavy atom. The molecule has 1 unspecified atom stereocenters. The van der Waals surface area contributed by atoms with Gasteiger partial charge in [-0.2, -0.15) is 0 Å². The molecule has 0 heterocycles. The molecule has 0 bridgehead atoms. The van der Waals surface area contributed by atoms with Gasteiger partial charge >= 0.3 is 5.97 Å². The van der Waals surface area contributed by atoms with E-state index in [0.717, 1.165) is 11.3 Å². The van der Waals surface area contributed by atoms with Crippen molar-refractivity contribution in [2.75, 3.05) is 11.1 Å². The quantitative estimate of drug-likeness (QED) is 0.842. The van der Waals surface area contributed by atoms with Crippen LogP contribution in [0.3, 0.4) is 0 Å². The van der Waals surface area contributed by atoms with Gasteiger partial charge in [0.05, 0.1) is 5.75 Å². The van der Waals surface area contributed by atoms with Crippen LogP contribution < -0.4 is 5.32 Å². The normalized spacial score (nSPS) is 12.8. The van der Waals surface area contributed by atoms with Crippen LogP contribution in [0, 0.1) is 11.3 Å². The minimum Gasteiger partial charge on any atom is -0.481 e. The second-order valence-corrected chi connectivity index (χ2v) is 7.15. The van der Waals surface area contributed by atoms with Gasteiger partial charge in [-0.1, -0.05) is 39.8 Å². The number of anilines is 1. The smallest absolute Gasteiger partial charge is 0.313 e. The van der Waals surface area contributed by atoms with Crippen LogP contribution in [0.5, 0.6) is 0 Å². The fourth-order valence-corrected chi connectivity index (χ4v) is 2.33. The van der Waals surface area contributed by atoms with Crippen LogP contribution in [0.4, 0.5) is 5.69 Å². The summed E-state index contributed by atoms with van der Waals surface area (Å²) in [6.07, 6.45) is 0. The number of hydrogen-bond donors (Lipinski definition) is 2. The first-order valence-electron chi connectivity index (χ1n) is 6.89. The summed E-state index contributed by atoms with van der Waals surface area (Å²) < 4.78 is 0. The summed E-state index contributed by atoms with van der Waals surface area (Å²) in [6.45, 7) is 8.03. The van der Waals surface area contributed by atoms with Crippen molar-refractivity contribution in [2.45, 2.75) is 33.4 Å². The highest BCUT2D eigenvalue weighted by atomic mass is 32.2. The molecule has 0 saturated heterocycles. The minimum atomic E-state index is -0.816. The Bertz CT molecular complexity index is 508. The summed E-state index contributed by atoms with van der Waals surface area (Å²) in [7, 11) is 0. The van der Waals surface area contributed by atoms with E-state index in [1.165, 1.54) is 11.8 Å². The molecule has 1 rings (SSSR count). The minimum absolute atomic E-state index is 0.00200. The average Bonchev–Trinajstić information content (AvgIpc) is 2.36. The van der Waals surface area contributed by atoms with E-state index in [-0.39, 0.29) is 23.0 Å². The Morgan fingerprint density at radius 2 is 2.00 bits per heavy atom. The molecule has 0 aliphatic heterocycles. The molecule has 0 saturated carbocycles. The molecule has 1 aromatic carbocycles. The largest absolute Gasteiger partial charge is 0.481 e. The second kappa shape index (κ2) is 7.50. The van der Waals surface area contributed by atoms with Gasteiger partial charge in [0.25, 0.3) is 0 Å². The third kappa shape index (κ3) is 6.21. The molecule has 116 valence electrons. The lowest BCUT2D eigenvalue weighted by Crippen LogP contribution is -2.30. The third-order valence-corrected chi connectivity index (χ3v) is 4.37. The van der Waals surface area contributed by atoms with E-state index in [1.807, 2.05) is 52.0 Å². The van der Waals surface area contributed by atoms with E-state index < -0.39 is 5.97 Å². The van der Waals surface area contributed by atoms with E-state index in [4.69, 9.17) is 5.11 Å². The molecule has 0 fully saturated rings. The fourth-order valence-electron chi connectivity index (χ4n) is 1.64. The molecular weight excluding hydrogens is 286 g/mol. The van der Waals surface area contributed by atoms with Gasteiger partial charge in [0.1, 0.15) is 0 Å². The number of hydrogen-bond acceptors (Lipinski definition) is 3. The lowest BCUT2D eigenvalue weighted by Gasteiger charge is -2.26. The van der Waals surface area contributed by atoms with Crippen molar-refractivity contribution in [1.82, 2.24) is 0 Å². The van der Waals surface area contributed by atoms with Crippen LogP contribution >= 0.6 is 11.8 Å². The number of nitrogens with one attached hydrogen (secondary N) is 1. The van der Waals surface area contributed by atoms with E-state index >= 15 is 0 Å². The molecule has 1 amide bonds. The zero-order valence-corrected chi connectivity index (χ0v) is 13.8. The highest BCUT2D eigenvalue weighted by Crippen LogP contribution is 2.26. The zero-order chi connectivity index (χ0) is 16.0. The van der Waals surface area contributed by atoms with Crippen molar-refractivity contribution >= 4 is 29.3 Å². The monoisotopic (exact) mass is 309 g/mol. The van der Waals surface area contributed by atoms with E-state index in [0.29, 0.717) is 5.75 Å². The topological polar surface area (TPSA) is 66.4 Å². The first kappa shape index (κ1) is 17.6. The van der Waals surface area contributed by atoms with Gasteiger partial charge < -0.3 is 10.4 Å². The van der Waals surface area contributed by atoms with Gasteiger partial charge in [0.15, 0.2) is 0 Å². The Kier molecular flexibility index (Phi) is 6.27. The molecule has 21 heavy (non-hydrogen) atoms. The second-order valence-electron chi connectivity index (χ2n) is 6.16. The van der Waals surface area contributed by atoms with Crippen LogP contribution in [0.25, 0.3) is 0 Å². The van der Waals surface area contributed by atoms with Gasteiger partial charge in [-0.05, 0) is 23.1 Å². The number of carbonyl (C=O) groups excluding carboxylic acids is 1. The number of carbonyl (C=O) groups is 2. The van der Waals surface area contributed by atoms with E-state index in [1.54, 1.807) is 0 Å². The summed E-state index contributed by atoms with van der Waals surface area (Å²) in [5.74, 6) is -0.216. The summed E-state index contributed by atoms with van der Waals surface area (Å²) in [6, 6.07) is 7.53. The summed E-state index contributed by atoms with van der Waals surface area (Å²) in [5.41, 5.74) is 1.67.